The third-order valence-electron chi connectivity index (χ3n) is 3.74. The predicted molar refractivity (Wildman–Crippen MR) is 84.6 cm³/mol. The van der Waals surface area contributed by atoms with Crippen molar-refractivity contribution >= 4 is 21.6 Å². The normalized spacial score (nSPS) is 14.4. The molecule has 1 saturated carbocycles. The van der Waals surface area contributed by atoms with Crippen LogP contribution in [0.4, 0.5) is 5.69 Å². The van der Waals surface area contributed by atoms with Gasteiger partial charge in [-0.2, -0.15) is 0 Å². The molecule has 1 nitrogen and oxygen atoms in total. The molecule has 2 heteroatoms. The summed E-state index contributed by atoms with van der Waals surface area (Å²) in [5, 5.41) is 3.56. The Kier molecular flexibility index (Phi) is 3.61. The first kappa shape index (κ1) is 12.7. The number of hydrogen-bond donors (Lipinski definition) is 1. The van der Waals surface area contributed by atoms with Crippen LogP contribution in [-0.2, 0) is 6.54 Å². The summed E-state index contributed by atoms with van der Waals surface area (Å²) in [6, 6.07) is 15.2. The van der Waals surface area contributed by atoms with Crippen molar-refractivity contribution in [1.82, 2.24) is 0 Å². The largest absolute Gasteiger partial charge is 0.381 e. The maximum absolute atomic E-state index is 3.56. The standard InChI is InChI=1S/C17H18BrN/c1-12-6-9-15(18)10-17(12)19-11-14-4-2-3-5-16(14)13-7-8-13/h2-6,9-10,13,19H,7-8,11H2,1H3. The van der Waals surface area contributed by atoms with Gasteiger partial charge in [-0.3, -0.25) is 0 Å². The van der Waals surface area contributed by atoms with Crippen molar-refractivity contribution < 1.29 is 0 Å². The zero-order valence-corrected chi connectivity index (χ0v) is 12.7. The molecule has 0 heterocycles. The van der Waals surface area contributed by atoms with E-state index in [0.29, 0.717) is 0 Å². The van der Waals surface area contributed by atoms with E-state index in [2.05, 4.69) is 70.6 Å². The fourth-order valence-electron chi connectivity index (χ4n) is 2.46. The molecule has 0 spiro atoms. The van der Waals surface area contributed by atoms with E-state index in [1.807, 2.05) is 0 Å². The third-order valence-corrected chi connectivity index (χ3v) is 4.23. The fraction of sp³-hybridized carbons (Fsp3) is 0.294. The predicted octanol–water partition coefficient (Wildman–Crippen LogP) is 5.25. The second-order valence-electron chi connectivity index (χ2n) is 5.29. The lowest BCUT2D eigenvalue weighted by Gasteiger charge is -2.13. The van der Waals surface area contributed by atoms with Crippen LogP contribution in [0.1, 0.15) is 35.4 Å². The van der Waals surface area contributed by atoms with Crippen LogP contribution >= 0.6 is 15.9 Å². The van der Waals surface area contributed by atoms with Gasteiger partial charge in [-0.15, -0.1) is 0 Å². The monoisotopic (exact) mass is 315 g/mol. The third kappa shape index (κ3) is 3.01. The summed E-state index contributed by atoms with van der Waals surface area (Å²) in [7, 11) is 0. The molecule has 0 radical (unpaired) electrons. The minimum Gasteiger partial charge on any atom is -0.381 e. The molecule has 0 atom stereocenters. The molecule has 2 aromatic rings. The molecule has 1 aliphatic rings. The van der Waals surface area contributed by atoms with Gasteiger partial charge in [0.25, 0.3) is 0 Å². The van der Waals surface area contributed by atoms with Crippen molar-refractivity contribution in [2.45, 2.75) is 32.2 Å². The molecule has 0 amide bonds. The first-order valence-corrected chi connectivity index (χ1v) is 7.61. The van der Waals surface area contributed by atoms with Gasteiger partial charge in [0.05, 0.1) is 0 Å². The summed E-state index contributed by atoms with van der Waals surface area (Å²) in [5.74, 6) is 0.807. The molecular weight excluding hydrogens is 298 g/mol. The fourth-order valence-corrected chi connectivity index (χ4v) is 2.82. The van der Waals surface area contributed by atoms with Gasteiger partial charge in [0.2, 0.25) is 0 Å². The Morgan fingerprint density at radius 1 is 1.16 bits per heavy atom. The highest BCUT2D eigenvalue weighted by molar-refractivity contribution is 9.10. The zero-order valence-electron chi connectivity index (χ0n) is 11.1. The van der Waals surface area contributed by atoms with Gasteiger partial charge in [0.1, 0.15) is 0 Å². The average Bonchev–Trinajstić information content (AvgIpc) is 3.25. The first-order chi connectivity index (χ1) is 9.24. The van der Waals surface area contributed by atoms with Crippen molar-refractivity contribution in [3.05, 3.63) is 63.6 Å². The van der Waals surface area contributed by atoms with Crippen molar-refractivity contribution in [2.24, 2.45) is 0 Å². The van der Waals surface area contributed by atoms with Crippen LogP contribution in [0.2, 0.25) is 0 Å². The quantitative estimate of drug-likeness (QED) is 0.812. The minimum absolute atomic E-state index is 0.807. The SMILES string of the molecule is Cc1ccc(Br)cc1NCc1ccccc1C1CC1. The van der Waals surface area contributed by atoms with Crippen molar-refractivity contribution in [1.29, 1.82) is 0 Å². The van der Waals surface area contributed by atoms with Gasteiger partial charge in [0.15, 0.2) is 0 Å². The molecule has 3 rings (SSSR count). The van der Waals surface area contributed by atoms with E-state index in [9.17, 15) is 0 Å². The van der Waals surface area contributed by atoms with Gasteiger partial charge < -0.3 is 5.32 Å². The molecule has 98 valence electrons. The summed E-state index contributed by atoms with van der Waals surface area (Å²) >= 11 is 3.53. The van der Waals surface area contributed by atoms with Crippen LogP contribution < -0.4 is 5.32 Å². The highest BCUT2D eigenvalue weighted by atomic mass is 79.9. The number of hydrogen-bond acceptors (Lipinski definition) is 1. The highest BCUT2D eigenvalue weighted by Crippen LogP contribution is 2.41. The van der Waals surface area contributed by atoms with E-state index in [-0.39, 0.29) is 0 Å². The van der Waals surface area contributed by atoms with Crippen LogP contribution in [0.5, 0.6) is 0 Å². The van der Waals surface area contributed by atoms with Crippen molar-refractivity contribution in [3.8, 4) is 0 Å². The number of anilines is 1. The first-order valence-electron chi connectivity index (χ1n) is 6.82. The van der Waals surface area contributed by atoms with Gasteiger partial charge in [-0.1, -0.05) is 46.3 Å². The number of aryl methyl sites for hydroxylation is 1. The summed E-state index contributed by atoms with van der Waals surface area (Å²) in [4.78, 5) is 0. The molecule has 1 aliphatic carbocycles. The van der Waals surface area contributed by atoms with E-state index in [1.54, 1.807) is 0 Å². The van der Waals surface area contributed by atoms with E-state index < -0.39 is 0 Å². The van der Waals surface area contributed by atoms with E-state index in [1.165, 1.54) is 35.2 Å². The molecular formula is C17H18BrN. The van der Waals surface area contributed by atoms with Crippen LogP contribution in [-0.4, -0.2) is 0 Å². The lowest BCUT2D eigenvalue weighted by atomic mass is 10.0. The molecule has 0 unspecified atom stereocenters. The van der Waals surface area contributed by atoms with E-state index in [0.717, 1.165) is 16.9 Å². The van der Waals surface area contributed by atoms with Gasteiger partial charge in [-0.05, 0) is 54.5 Å². The zero-order chi connectivity index (χ0) is 13.2. The van der Waals surface area contributed by atoms with Crippen LogP contribution in [0.3, 0.4) is 0 Å². The molecule has 1 N–H and O–H groups in total. The Hall–Kier alpha value is -1.28. The molecule has 19 heavy (non-hydrogen) atoms. The average molecular weight is 316 g/mol. The molecule has 0 saturated heterocycles. The Balaban J connectivity index is 1.77. The van der Waals surface area contributed by atoms with Gasteiger partial charge in [-0.25, -0.2) is 0 Å². The summed E-state index contributed by atoms with van der Waals surface area (Å²) in [5.41, 5.74) is 5.46. The summed E-state index contributed by atoms with van der Waals surface area (Å²) in [6.07, 6.45) is 2.71. The minimum atomic E-state index is 0.807. The van der Waals surface area contributed by atoms with Crippen molar-refractivity contribution in [2.75, 3.05) is 5.32 Å². The van der Waals surface area contributed by atoms with Crippen LogP contribution in [0.25, 0.3) is 0 Å². The smallest absolute Gasteiger partial charge is 0.0403 e. The second kappa shape index (κ2) is 5.38. The van der Waals surface area contributed by atoms with E-state index >= 15 is 0 Å². The number of benzene rings is 2. The molecule has 0 aromatic heterocycles. The number of nitrogens with one attached hydrogen (secondary N) is 1. The molecule has 1 fully saturated rings. The summed E-state index contributed by atoms with van der Waals surface area (Å²) in [6.45, 7) is 3.05. The lowest BCUT2D eigenvalue weighted by molar-refractivity contribution is 1.03. The number of halogens is 1. The molecule has 0 bridgehead atoms. The topological polar surface area (TPSA) is 12.0 Å². The van der Waals surface area contributed by atoms with E-state index in [4.69, 9.17) is 0 Å². The molecule has 0 aliphatic heterocycles. The van der Waals surface area contributed by atoms with Crippen LogP contribution in [0.15, 0.2) is 46.9 Å². The lowest BCUT2D eigenvalue weighted by Crippen LogP contribution is -2.03. The maximum atomic E-state index is 3.56. The number of rotatable bonds is 4. The highest BCUT2D eigenvalue weighted by Gasteiger charge is 2.25. The Labute approximate surface area is 123 Å². The Morgan fingerprint density at radius 3 is 2.74 bits per heavy atom. The van der Waals surface area contributed by atoms with Gasteiger partial charge >= 0.3 is 0 Å². The maximum Gasteiger partial charge on any atom is 0.0403 e. The van der Waals surface area contributed by atoms with Crippen molar-refractivity contribution in [3.63, 3.8) is 0 Å². The molecule has 2 aromatic carbocycles. The second-order valence-corrected chi connectivity index (χ2v) is 6.20. The Bertz CT molecular complexity index is 588. The Morgan fingerprint density at radius 2 is 1.95 bits per heavy atom. The summed E-state index contributed by atoms with van der Waals surface area (Å²) < 4.78 is 1.12. The van der Waals surface area contributed by atoms with Gasteiger partial charge in [0, 0.05) is 16.7 Å². The van der Waals surface area contributed by atoms with Crippen LogP contribution in [0, 0.1) is 6.92 Å².